The summed E-state index contributed by atoms with van der Waals surface area (Å²) in [5.74, 6) is 0. The predicted octanol–water partition coefficient (Wildman–Crippen LogP) is 2.51. The van der Waals surface area contributed by atoms with Gasteiger partial charge in [-0.2, -0.15) is 5.26 Å². The van der Waals surface area contributed by atoms with E-state index in [0.29, 0.717) is 11.3 Å². The van der Waals surface area contributed by atoms with Gasteiger partial charge in [-0.1, -0.05) is 12.1 Å². The number of anilines is 1. The van der Waals surface area contributed by atoms with Gasteiger partial charge in [0.1, 0.15) is 0 Å². The molecule has 0 saturated heterocycles. The molecule has 1 heterocycles. The second-order valence-electron chi connectivity index (χ2n) is 3.64. The number of nitrogens with two attached hydrogens (primary N) is 1. The van der Waals surface area contributed by atoms with Gasteiger partial charge in [0.05, 0.1) is 23.0 Å². The van der Waals surface area contributed by atoms with Crippen molar-refractivity contribution in [2.24, 2.45) is 0 Å². The summed E-state index contributed by atoms with van der Waals surface area (Å²) in [5, 5.41) is 8.82. The maximum atomic E-state index is 8.82. The highest BCUT2D eigenvalue weighted by molar-refractivity contribution is 5.73. The van der Waals surface area contributed by atoms with Gasteiger partial charge in [-0.15, -0.1) is 0 Å². The molecule has 0 bridgehead atoms. The number of nitrogens with zero attached hydrogens (tertiary/aromatic N) is 2. The zero-order valence-electron chi connectivity index (χ0n) is 8.94. The number of hydrogen-bond acceptors (Lipinski definition) is 3. The molecule has 0 radical (unpaired) electrons. The lowest BCUT2D eigenvalue weighted by Gasteiger charge is -2.05. The van der Waals surface area contributed by atoms with Crippen LogP contribution in [0.4, 0.5) is 5.69 Å². The molecule has 2 aromatic rings. The minimum absolute atomic E-state index is 0.610. The van der Waals surface area contributed by atoms with Gasteiger partial charge in [0.15, 0.2) is 0 Å². The normalized spacial score (nSPS) is 9.75. The molecule has 0 saturated carbocycles. The van der Waals surface area contributed by atoms with Crippen LogP contribution in [0.15, 0.2) is 36.5 Å². The Hall–Kier alpha value is -2.34. The third-order valence-electron chi connectivity index (χ3n) is 2.32. The molecule has 0 unspecified atom stereocenters. The van der Waals surface area contributed by atoms with Gasteiger partial charge in [0.25, 0.3) is 0 Å². The second-order valence-corrected chi connectivity index (χ2v) is 3.64. The summed E-state index contributed by atoms with van der Waals surface area (Å²) >= 11 is 0. The van der Waals surface area contributed by atoms with Gasteiger partial charge >= 0.3 is 0 Å². The fourth-order valence-corrected chi connectivity index (χ4v) is 1.57. The molecule has 0 amide bonds. The van der Waals surface area contributed by atoms with Crippen molar-refractivity contribution in [1.82, 2.24) is 4.98 Å². The van der Waals surface area contributed by atoms with E-state index in [2.05, 4.69) is 11.1 Å². The van der Waals surface area contributed by atoms with Crippen LogP contribution in [0.5, 0.6) is 0 Å². The van der Waals surface area contributed by atoms with Gasteiger partial charge < -0.3 is 5.73 Å². The van der Waals surface area contributed by atoms with Gasteiger partial charge in [-0.05, 0) is 30.7 Å². The maximum absolute atomic E-state index is 8.82. The lowest BCUT2D eigenvalue weighted by atomic mass is 10.1. The molecule has 0 aliphatic rings. The molecule has 2 rings (SSSR count). The summed E-state index contributed by atoms with van der Waals surface area (Å²) in [5.41, 5.74) is 9.77. The molecular formula is C13H11N3. The molecular weight excluding hydrogens is 198 g/mol. The summed E-state index contributed by atoms with van der Waals surface area (Å²) in [4.78, 5) is 4.29. The van der Waals surface area contributed by atoms with Crippen LogP contribution in [0, 0.1) is 18.3 Å². The third kappa shape index (κ3) is 1.86. The Morgan fingerprint density at radius 2 is 2.12 bits per heavy atom. The van der Waals surface area contributed by atoms with Crippen LogP contribution in [-0.4, -0.2) is 4.98 Å². The number of pyridine rings is 1. The highest BCUT2D eigenvalue weighted by Gasteiger charge is 2.04. The Bertz CT molecular complexity index is 568. The van der Waals surface area contributed by atoms with E-state index in [-0.39, 0.29) is 0 Å². The number of nitrogen functional groups attached to an aromatic ring is 1. The molecule has 3 nitrogen and oxygen atoms in total. The van der Waals surface area contributed by atoms with Gasteiger partial charge in [-0.25, -0.2) is 0 Å². The molecule has 0 fully saturated rings. The van der Waals surface area contributed by atoms with E-state index in [1.54, 1.807) is 18.3 Å². The van der Waals surface area contributed by atoms with Gasteiger partial charge in [0.2, 0.25) is 0 Å². The minimum atomic E-state index is 0.610. The Kier molecular flexibility index (Phi) is 2.57. The summed E-state index contributed by atoms with van der Waals surface area (Å²) in [6.07, 6.45) is 1.77. The minimum Gasteiger partial charge on any atom is -0.397 e. The highest BCUT2D eigenvalue weighted by atomic mass is 14.7. The summed E-state index contributed by atoms with van der Waals surface area (Å²) in [7, 11) is 0. The molecule has 0 spiro atoms. The lowest BCUT2D eigenvalue weighted by Crippen LogP contribution is -1.94. The van der Waals surface area contributed by atoms with Crippen LogP contribution >= 0.6 is 0 Å². The Labute approximate surface area is 94.2 Å². The molecule has 1 aromatic heterocycles. The maximum Gasteiger partial charge on any atom is 0.0991 e. The van der Waals surface area contributed by atoms with Crippen molar-refractivity contribution < 1.29 is 0 Å². The molecule has 1 aromatic carbocycles. The topological polar surface area (TPSA) is 62.7 Å². The van der Waals surface area contributed by atoms with Crippen LogP contribution in [0.2, 0.25) is 0 Å². The Morgan fingerprint density at radius 1 is 1.31 bits per heavy atom. The smallest absolute Gasteiger partial charge is 0.0991 e. The molecule has 16 heavy (non-hydrogen) atoms. The van der Waals surface area contributed by atoms with E-state index in [1.165, 1.54) is 0 Å². The number of nitriles is 1. The van der Waals surface area contributed by atoms with Crippen molar-refractivity contribution >= 4 is 5.69 Å². The molecule has 78 valence electrons. The van der Waals surface area contributed by atoms with Crippen LogP contribution < -0.4 is 5.73 Å². The standard InChI is InChI=1S/C13H11N3/c1-9-5-12(15)13(16-8-9)11-4-2-3-10(6-11)7-14/h2-6,8H,15H2,1H3. The van der Waals surface area contributed by atoms with E-state index in [1.807, 2.05) is 25.1 Å². The number of benzene rings is 1. The van der Waals surface area contributed by atoms with Crippen molar-refractivity contribution in [1.29, 1.82) is 5.26 Å². The number of aromatic nitrogens is 1. The second kappa shape index (κ2) is 4.03. The van der Waals surface area contributed by atoms with Crippen molar-refractivity contribution in [2.45, 2.75) is 6.92 Å². The first kappa shape index (κ1) is 10.2. The molecule has 0 atom stereocenters. The van der Waals surface area contributed by atoms with Crippen molar-refractivity contribution in [3.63, 3.8) is 0 Å². The molecule has 3 heteroatoms. The lowest BCUT2D eigenvalue weighted by molar-refractivity contribution is 1.27. The first-order chi connectivity index (χ1) is 7.70. The van der Waals surface area contributed by atoms with Crippen molar-refractivity contribution in [3.05, 3.63) is 47.7 Å². The van der Waals surface area contributed by atoms with Crippen molar-refractivity contribution in [3.8, 4) is 17.3 Å². The van der Waals surface area contributed by atoms with Crippen LogP contribution in [0.25, 0.3) is 11.3 Å². The number of aryl methyl sites for hydroxylation is 1. The van der Waals surface area contributed by atoms with Gasteiger partial charge in [0, 0.05) is 11.8 Å². The van der Waals surface area contributed by atoms with E-state index >= 15 is 0 Å². The first-order valence-corrected chi connectivity index (χ1v) is 4.93. The quantitative estimate of drug-likeness (QED) is 0.784. The Morgan fingerprint density at radius 3 is 2.81 bits per heavy atom. The largest absolute Gasteiger partial charge is 0.397 e. The number of rotatable bonds is 1. The molecule has 0 aliphatic carbocycles. The van der Waals surface area contributed by atoms with Crippen LogP contribution in [-0.2, 0) is 0 Å². The molecule has 2 N–H and O–H groups in total. The van der Waals surface area contributed by atoms with E-state index in [4.69, 9.17) is 11.0 Å². The first-order valence-electron chi connectivity index (χ1n) is 4.93. The highest BCUT2D eigenvalue weighted by Crippen LogP contribution is 2.24. The predicted molar refractivity (Wildman–Crippen MR) is 63.5 cm³/mol. The zero-order chi connectivity index (χ0) is 11.5. The number of hydrogen-bond donors (Lipinski definition) is 1. The van der Waals surface area contributed by atoms with Gasteiger partial charge in [-0.3, -0.25) is 4.98 Å². The van der Waals surface area contributed by atoms with E-state index in [0.717, 1.165) is 16.8 Å². The summed E-state index contributed by atoms with van der Waals surface area (Å²) < 4.78 is 0. The monoisotopic (exact) mass is 209 g/mol. The third-order valence-corrected chi connectivity index (χ3v) is 2.32. The zero-order valence-corrected chi connectivity index (χ0v) is 8.94. The summed E-state index contributed by atoms with van der Waals surface area (Å²) in [6, 6.07) is 11.2. The average Bonchev–Trinajstić information content (AvgIpc) is 2.29. The summed E-state index contributed by atoms with van der Waals surface area (Å²) in [6.45, 7) is 1.94. The van der Waals surface area contributed by atoms with Crippen LogP contribution in [0.3, 0.4) is 0 Å². The fourth-order valence-electron chi connectivity index (χ4n) is 1.57. The van der Waals surface area contributed by atoms with E-state index < -0.39 is 0 Å². The average molecular weight is 209 g/mol. The van der Waals surface area contributed by atoms with Crippen LogP contribution in [0.1, 0.15) is 11.1 Å². The van der Waals surface area contributed by atoms with Crippen molar-refractivity contribution in [2.75, 3.05) is 5.73 Å². The molecule has 0 aliphatic heterocycles. The Balaban J connectivity index is 2.55. The SMILES string of the molecule is Cc1cnc(-c2cccc(C#N)c2)c(N)c1. The fraction of sp³-hybridized carbons (Fsp3) is 0.0769. The van der Waals surface area contributed by atoms with E-state index in [9.17, 15) is 0 Å².